The average molecular weight is 1150 g/mol. The second-order valence-corrected chi connectivity index (χ2v) is 19.8. The molecule has 0 aromatic rings. The summed E-state index contributed by atoms with van der Waals surface area (Å²) in [4.78, 5) is 24.1. The summed E-state index contributed by atoms with van der Waals surface area (Å²) in [6, 6.07) is -0.108. The number of methoxy groups -OCH3 is 5. The van der Waals surface area contributed by atoms with Gasteiger partial charge in [0.2, 0.25) is 15.0 Å². The molecule has 0 aromatic carbocycles. The van der Waals surface area contributed by atoms with Gasteiger partial charge in [0, 0.05) is 95.4 Å². The molecule has 0 aliphatic carbocycles. The van der Waals surface area contributed by atoms with Crippen LogP contribution in [0.25, 0.3) is 26.4 Å². The number of hydrogen-bond donors (Lipinski definition) is 4. The number of nitrogens with one attached hydrogen (secondary N) is 1. The van der Waals surface area contributed by atoms with Crippen molar-refractivity contribution in [1.82, 2.24) is 5.32 Å². The van der Waals surface area contributed by atoms with Crippen LogP contribution in [0.15, 0.2) is 96.9 Å². The van der Waals surface area contributed by atoms with Crippen molar-refractivity contribution >= 4 is 71.1 Å². The number of aliphatic carboxylic acids is 1. The van der Waals surface area contributed by atoms with Gasteiger partial charge in [-0.2, -0.15) is 31.3 Å². The topological polar surface area (TPSA) is 359 Å². The molecule has 77 heavy (non-hydrogen) atoms. The van der Waals surface area contributed by atoms with E-state index in [0.717, 1.165) is 26.0 Å². The fraction of sp³-hybridized carbons (Fsp3) is 0.522. The van der Waals surface area contributed by atoms with Crippen LogP contribution in [0.5, 0.6) is 0 Å². The van der Waals surface area contributed by atoms with E-state index in [-0.39, 0.29) is 60.2 Å². The summed E-state index contributed by atoms with van der Waals surface area (Å²) in [6.07, 6.45) is 28.8. The van der Waals surface area contributed by atoms with E-state index < -0.39 is 37.3 Å². The third-order valence-corrected chi connectivity index (χ3v) is 8.45. The van der Waals surface area contributed by atoms with Gasteiger partial charge in [-0.3, -0.25) is 18.7 Å². The van der Waals surface area contributed by atoms with Crippen molar-refractivity contribution in [2.24, 2.45) is 10.8 Å². The summed E-state index contributed by atoms with van der Waals surface area (Å²) in [7, 11) is 5.78. The van der Waals surface area contributed by atoms with Gasteiger partial charge in [0.25, 0.3) is 16.1 Å². The molecule has 27 nitrogen and oxygen atoms in total. The second kappa shape index (κ2) is 49.9. The van der Waals surface area contributed by atoms with Gasteiger partial charge in [0.15, 0.2) is 99.2 Å². The number of amides is 1. The average Bonchev–Trinajstić information content (AvgIpc) is 4.17. The Morgan fingerprint density at radius 2 is 1.00 bits per heavy atom. The fourth-order valence-electron chi connectivity index (χ4n) is 5.45. The molecular weight excluding hydrogens is 1080 g/mol. The van der Waals surface area contributed by atoms with Gasteiger partial charge in [-0.15, -0.1) is 0 Å². The monoisotopic (exact) mass is 1150 g/mol. The molecule has 0 unspecified atom stereocenters. The summed E-state index contributed by atoms with van der Waals surface area (Å²) in [5.41, 5.74) is 27.5. The molecular formula is C46H72ClN13NaO14S2+5. The smallest absolute Gasteiger partial charge is 0.481 e. The number of carbonyl (C=O) groups is 2. The van der Waals surface area contributed by atoms with Crippen LogP contribution >= 0.6 is 10.7 Å². The third-order valence-electron chi connectivity index (χ3n) is 7.83. The van der Waals surface area contributed by atoms with Crippen LogP contribution in [0.1, 0.15) is 13.8 Å². The van der Waals surface area contributed by atoms with Gasteiger partial charge in [-0.05, 0) is 5.53 Å². The number of carboxylic acid groups (broad SMARTS) is 1. The molecule has 0 aromatic heterocycles. The van der Waals surface area contributed by atoms with Crippen molar-refractivity contribution in [2.75, 3.05) is 114 Å². The van der Waals surface area contributed by atoms with Crippen LogP contribution in [0.3, 0.4) is 0 Å². The van der Waals surface area contributed by atoms with E-state index in [1.165, 1.54) is 18.9 Å². The first-order chi connectivity index (χ1) is 35.9. The molecule has 0 bridgehead atoms. The van der Waals surface area contributed by atoms with Gasteiger partial charge in [0.05, 0.1) is 82.0 Å². The molecule has 0 fully saturated rings. The number of halogens is 1. The largest absolute Gasteiger partial charge is 1.00 e. The number of hydrogen-bond acceptors (Lipinski definition) is 15. The standard InChI is InChI=1S/C10H14N2O2.C9H14NO4S.C8H11N4O.C8H13N2O.C8H12NO2.C2H4O2.CH3ClO2S.N3.Na/c1-9(13)11-10(8-14-2)7-12-5-3-4-6-12;1-13-8-9(14-15(2,11)12)7-10-5-3-4-6-10;1-13-7-8(10-11-9)6-12-4-2-3-5-12;1-11-7-8(9)6-10-4-2-3-5-10;1-11-7-8(10)6-9-4-2-3-5-9;1-2(3)4;1-5(2,3)4;1-3-2;/h3-5,10H,7-8H2,1-2H3;3-5,9H,7-8H2,1-2H3;2-4,8H,6-7H2,1H3;2-4,8H,6-7,9H2,1H3;2-4,8,10H,6-7H2,1H3;1H3,(H,3,4);1H3;;/q;4*+1;;;-1;+1/p+1/t10-;9-;3*8-;;;;/m10110..../s1. The van der Waals surface area contributed by atoms with Crippen molar-refractivity contribution < 1.29 is 117 Å². The van der Waals surface area contributed by atoms with E-state index in [1.54, 1.807) is 62.0 Å². The molecule has 0 saturated carbocycles. The summed E-state index contributed by atoms with van der Waals surface area (Å²) in [5, 5.41) is 23.1. The predicted molar refractivity (Wildman–Crippen MR) is 287 cm³/mol. The molecule has 0 saturated heterocycles. The van der Waals surface area contributed by atoms with Gasteiger partial charge in [-0.25, -0.2) is 8.42 Å². The molecule has 5 aliphatic rings. The number of nitrogens with zero attached hydrogens (tertiary/aromatic N) is 11. The Labute approximate surface area is 477 Å². The minimum atomic E-state index is -3.46. The first-order valence-corrected chi connectivity index (χ1v) is 26.7. The Balaban J connectivity index is -0.000000410. The van der Waals surface area contributed by atoms with Gasteiger partial charge >= 0.3 is 29.6 Å². The van der Waals surface area contributed by atoms with Crippen molar-refractivity contribution in [3.05, 3.63) is 118 Å². The molecule has 5 rings (SSSR count). The number of aliphatic hydroxyl groups excluding tert-OH is 1. The van der Waals surface area contributed by atoms with E-state index in [4.69, 9.17) is 60.1 Å². The molecule has 5 N–H and O–H groups in total. The minimum absolute atomic E-state index is 0. The zero-order chi connectivity index (χ0) is 58.2. The van der Waals surface area contributed by atoms with E-state index in [2.05, 4.69) is 55.4 Å². The predicted octanol–water partition coefficient (Wildman–Crippen LogP) is -1.65. The fourth-order valence-corrected chi connectivity index (χ4v) is 6.06. The van der Waals surface area contributed by atoms with Gasteiger partial charge in [-0.1, -0.05) is 5.11 Å². The summed E-state index contributed by atoms with van der Waals surface area (Å²) < 4.78 is 79.2. The molecule has 1 amide bonds. The number of azide groups is 1. The van der Waals surface area contributed by atoms with E-state index in [9.17, 15) is 26.7 Å². The Bertz CT molecular complexity index is 2560. The number of rotatable bonds is 24. The number of carbonyl (C=O) groups excluding carboxylic acids is 1. The number of nitrogens with two attached hydrogens (primary N) is 1. The maximum atomic E-state index is 10.9. The SMILES string of the molecule is CC(=O)O.COC[C@@H](C[N+]1=C=CC=C1)N=[N+]=[N-].COC[C@@H](C[N+]1=C=CC=C1)NC(C)=O.COC[C@@H](O)C[N+]1=C=CC=C1.COC[C@H](C[N+]1=C=CC=C1)OS(C)(=O)=O.COC[C@H](N)C[N+]1=C=CC=C1.CS(=O)(=O)Cl.[N-]=[N+]=[N-].[Na+]. The quantitative estimate of drug-likeness (QED) is 0.0160. The van der Waals surface area contributed by atoms with Gasteiger partial charge < -0.3 is 56.0 Å². The Morgan fingerprint density at radius 1 is 0.649 bits per heavy atom. The molecule has 0 spiro atoms. The molecule has 31 heteroatoms. The van der Waals surface area contributed by atoms with E-state index in [0.29, 0.717) is 52.6 Å². The van der Waals surface area contributed by atoms with Gasteiger partial charge in [0.1, 0.15) is 18.2 Å². The number of carboxylic acids is 1. The Hall–Kier alpha value is -5.62. The van der Waals surface area contributed by atoms with Crippen LogP contribution < -0.4 is 40.6 Å². The molecule has 0 radical (unpaired) electrons. The molecule has 420 valence electrons. The van der Waals surface area contributed by atoms with Crippen LogP contribution in [0, 0.1) is 0 Å². The number of β-amino-alcohol motifs (C(OH)–C–C–N with tert-alkyl or cyclic N) is 1. The molecule has 5 aliphatic heterocycles. The minimum Gasteiger partial charge on any atom is -0.481 e. The van der Waals surface area contributed by atoms with Crippen LogP contribution in [-0.4, -0.2) is 235 Å². The van der Waals surface area contributed by atoms with Crippen molar-refractivity contribution in [1.29, 1.82) is 0 Å². The normalized spacial score (nSPS) is 14.7. The second-order valence-electron chi connectivity index (χ2n) is 15.1. The number of ether oxygens (including phenoxy) is 5. The summed E-state index contributed by atoms with van der Waals surface area (Å²) in [5.74, 6) is 13.9. The van der Waals surface area contributed by atoms with E-state index in [1.807, 2.05) is 81.1 Å². The van der Waals surface area contributed by atoms with E-state index >= 15 is 0 Å². The summed E-state index contributed by atoms with van der Waals surface area (Å²) >= 11 is 0. The zero-order valence-electron chi connectivity index (χ0n) is 45.1. The number of aliphatic hydroxyl groups is 1. The maximum absolute atomic E-state index is 10.9. The van der Waals surface area contributed by atoms with Crippen molar-refractivity contribution in [3.63, 3.8) is 0 Å². The van der Waals surface area contributed by atoms with Crippen molar-refractivity contribution in [2.45, 2.75) is 44.2 Å². The molecule has 5 atom stereocenters. The van der Waals surface area contributed by atoms with Crippen LogP contribution in [0.2, 0.25) is 0 Å². The summed E-state index contributed by atoms with van der Waals surface area (Å²) in [6.45, 7) is 7.68. The third kappa shape index (κ3) is 56.4. The van der Waals surface area contributed by atoms with Crippen LogP contribution in [-0.2, 0) is 56.6 Å². The number of allylic oxidation sites excluding steroid dienone is 10. The molecule has 5 heterocycles. The first kappa shape index (κ1) is 77.9. The maximum Gasteiger partial charge on any atom is 1.00 e. The Morgan fingerprint density at radius 3 is 1.32 bits per heavy atom. The Kier molecular flexibility index (Phi) is 50.5. The van der Waals surface area contributed by atoms with Crippen molar-refractivity contribution in [3.8, 4) is 0 Å². The zero-order valence-corrected chi connectivity index (χ0v) is 49.5. The van der Waals surface area contributed by atoms with Crippen LogP contribution in [0.4, 0.5) is 0 Å². The first-order valence-electron chi connectivity index (χ1n) is 22.2.